The number of anilines is 1. The van der Waals surface area contributed by atoms with Gasteiger partial charge >= 0.3 is 0 Å². The molecule has 1 amide bonds. The summed E-state index contributed by atoms with van der Waals surface area (Å²) in [7, 11) is 0. The topological polar surface area (TPSA) is 54.0 Å². The van der Waals surface area contributed by atoms with Gasteiger partial charge < -0.3 is 10.6 Å². The summed E-state index contributed by atoms with van der Waals surface area (Å²) >= 11 is 0. The number of hydrogen-bond donors (Lipinski definition) is 2. The number of rotatable bonds is 5. The first-order chi connectivity index (χ1) is 7.22. The maximum Gasteiger partial charge on any atom is 0.239 e. The van der Waals surface area contributed by atoms with E-state index >= 15 is 0 Å². The van der Waals surface area contributed by atoms with Gasteiger partial charge in [-0.15, -0.1) is 0 Å². The van der Waals surface area contributed by atoms with Gasteiger partial charge in [0.2, 0.25) is 11.9 Å². The number of carbonyl (C=O) groups is 1. The number of aromatic nitrogens is 1. The highest BCUT2D eigenvalue weighted by Gasteiger charge is 2.00. The summed E-state index contributed by atoms with van der Waals surface area (Å²) in [5, 5.41) is 5.51. The monoisotopic (exact) mass is 211 g/mol. The molecule has 1 aromatic rings. The van der Waals surface area contributed by atoms with Crippen molar-refractivity contribution in [2.45, 2.75) is 13.3 Å². The van der Waals surface area contributed by atoms with E-state index < -0.39 is 5.95 Å². The Morgan fingerprint density at radius 3 is 3.07 bits per heavy atom. The second-order valence-corrected chi connectivity index (χ2v) is 3.07. The van der Waals surface area contributed by atoms with Crippen molar-refractivity contribution in [3.8, 4) is 0 Å². The van der Waals surface area contributed by atoms with Crippen molar-refractivity contribution in [3.63, 3.8) is 0 Å². The summed E-state index contributed by atoms with van der Waals surface area (Å²) in [5.74, 6) is -0.664. The molecule has 1 aromatic heterocycles. The summed E-state index contributed by atoms with van der Waals surface area (Å²) < 4.78 is 12.6. The second kappa shape index (κ2) is 5.95. The molecule has 2 N–H and O–H groups in total. The molecule has 1 rings (SSSR count). The Hall–Kier alpha value is -1.65. The van der Waals surface area contributed by atoms with Crippen molar-refractivity contribution in [2.75, 3.05) is 18.4 Å². The van der Waals surface area contributed by atoms with Crippen molar-refractivity contribution >= 4 is 11.6 Å². The minimum atomic E-state index is -0.561. The van der Waals surface area contributed by atoms with Crippen LogP contribution < -0.4 is 10.6 Å². The van der Waals surface area contributed by atoms with Gasteiger partial charge in [0.25, 0.3) is 0 Å². The van der Waals surface area contributed by atoms with Crippen molar-refractivity contribution < 1.29 is 9.18 Å². The molecule has 0 aliphatic carbocycles. The van der Waals surface area contributed by atoms with Crippen LogP contribution in [0.4, 0.5) is 10.1 Å². The van der Waals surface area contributed by atoms with Crippen LogP contribution in [0.2, 0.25) is 0 Å². The lowest BCUT2D eigenvalue weighted by molar-refractivity contribution is -0.119. The standard InChI is InChI=1S/C10H14FN3O/c1-2-4-13-10(15)7-14-8-3-5-12-9(11)6-8/h3,5-6H,2,4,7H2,1H3,(H,12,14)(H,13,15). The Morgan fingerprint density at radius 2 is 2.40 bits per heavy atom. The Labute approximate surface area is 87.9 Å². The van der Waals surface area contributed by atoms with Gasteiger partial charge in [-0.3, -0.25) is 4.79 Å². The molecule has 0 fully saturated rings. The average molecular weight is 211 g/mol. The quantitative estimate of drug-likeness (QED) is 0.718. The van der Waals surface area contributed by atoms with Gasteiger partial charge in [-0.05, 0) is 12.5 Å². The van der Waals surface area contributed by atoms with Crippen LogP contribution in [-0.2, 0) is 4.79 Å². The molecule has 0 unspecified atom stereocenters. The summed E-state index contributed by atoms with van der Waals surface area (Å²) in [4.78, 5) is 14.6. The fourth-order valence-electron chi connectivity index (χ4n) is 1.02. The maximum absolute atomic E-state index is 12.6. The number of hydrogen-bond acceptors (Lipinski definition) is 3. The fourth-order valence-corrected chi connectivity index (χ4v) is 1.02. The van der Waals surface area contributed by atoms with E-state index in [9.17, 15) is 9.18 Å². The summed E-state index contributed by atoms with van der Waals surface area (Å²) in [6.07, 6.45) is 2.25. The zero-order valence-electron chi connectivity index (χ0n) is 8.59. The van der Waals surface area contributed by atoms with Crippen LogP contribution in [0.3, 0.4) is 0 Å². The van der Waals surface area contributed by atoms with Gasteiger partial charge in [-0.25, -0.2) is 4.98 Å². The van der Waals surface area contributed by atoms with E-state index in [1.807, 2.05) is 6.92 Å². The third-order valence-corrected chi connectivity index (χ3v) is 1.75. The highest BCUT2D eigenvalue weighted by molar-refractivity contribution is 5.80. The molecule has 4 nitrogen and oxygen atoms in total. The van der Waals surface area contributed by atoms with Crippen LogP contribution in [0.5, 0.6) is 0 Å². The first-order valence-corrected chi connectivity index (χ1v) is 4.84. The molecule has 0 aliphatic heterocycles. The van der Waals surface area contributed by atoms with E-state index in [4.69, 9.17) is 0 Å². The molecule has 15 heavy (non-hydrogen) atoms. The zero-order chi connectivity index (χ0) is 11.1. The molecule has 82 valence electrons. The summed E-state index contributed by atoms with van der Waals surface area (Å²) in [6, 6.07) is 2.85. The molecule has 1 heterocycles. The average Bonchev–Trinajstić information content (AvgIpc) is 2.23. The number of carbonyl (C=O) groups excluding carboxylic acids is 1. The van der Waals surface area contributed by atoms with E-state index in [1.165, 1.54) is 12.3 Å². The first-order valence-electron chi connectivity index (χ1n) is 4.84. The molecule has 5 heteroatoms. The number of amides is 1. The number of nitrogens with zero attached hydrogens (tertiary/aromatic N) is 1. The van der Waals surface area contributed by atoms with E-state index in [-0.39, 0.29) is 12.5 Å². The third kappa shape index (κ3) is 4.39. The van der Waals surface area contributed by atoms with Crippen LogP contribution in [0.1, 0.15) is 13.3 Å². The lowest BCUT2D eigenvalue weighted by Gasteiger charge is -2.06. The highest BCUT2D eigenvalue weighted by atomic mass is 19.1. The smallest absolute Gasteiger partial charge is 0.239 e. The van der Waals surface area contributed by atoms with Gasteiger partial charge in [0, 0.05) is 24.5 Å². The van der Waals surface area contributed by atoms with Crippen LogP contribution in [0.25, 0.3) is 0 Å². The van der Waals surface area contributed by atoms with E-state index in [1.54, 1.807) is 6.07 Å². The molecule has 0 bridgehead atoms. The van der Waals surface area contributed by atoms with Gasteiger partial charge in [-0.1, -0.05) is 6.92 Å². The van der Waals surface area contributed by atoms with Crippen LogP contribution in [0.15, 0.2) is 18.3 Å². The molecule has 0 atom stereocenters. The van der Waals surface area contributed by atoms with Gasteiger partial charge in [-0.2, -0.15) is 4.39 Å². The normalized spacial score (nSPS) is 9.73. The summed E-state index contributed by atoms with van der Waals surface area (Å²) in [5.41, 5.74) is 0.550. The van der Waals surface area contributed by atoms with Gasteiger partial charge in [0.05, 0.1) is 6.54 Å². The number of halogens is 1. The minimum Gasteiger partial charge on any atom is -0.376 e. The maximum atomic E-state index is 12.6. The van der Waals surface area contributed by atoms with Gasteiger partial charge in [0.15, 0.2) is 0 Å². The largest absolute Gasteiger partial charge is 0.376 e. The molecule has 0 saturated carbocycles. The van der Waals surface area contributed by atoms with Crippen molar-refractivity contribution in [2.24, 2.45) is 0 Å². The first kappa shape index (κ1) is 11.4. The lowest BCUT2D eigenvalue weighted by Crippen LogP contribution is -2.30. The number of nitrogens with one attached hydrogen (secondary N) is 2. The predicted molar refractivity (Wildman–Crippen MR) is 56.0 cm³/mol. The minimum absolute atomic E-state index is 0.103. The third-order valence-electron chi connectivity index (χ3n) is 1.75. The SMILES string of the molecule is CCCNC(=O)CNc1ccnc(F)c1. The van der Waals surface area contributed by atoms with Crippen molar-refractivity contribution in [1.82, 2.24) is 10.3 Å². The molecule has 0 saturated heterocycles. The molecular weight excluding hydrogens is 197 g/mol. The van der Waals surface area contributed by atoms with Crippen molar-refractivity contribution in [1.29, 1.82) is 0 Å². The lowest BCUT2D eigenvalue weighted by atomic mass is 10.4. The Morgan fingerprint density at radius 1 is 1.60 bits per heavy atom. The van der Waals surface area contributed by atoms with Crippen LogP contribution in [0, 0.1) is 5.95 Å². The molecule has 0 spiro atoms. The van der Waals surface area contributed by atoms with E-state index in [0.29, 0.717) is 12.2 Å². The molecule has 0 aromatic carbocycles. The Kier molecular flexibility index (Phi) is 4.53. The van der Waals surface area contributed by atoms with Crippen molar-refractivity contribution in [3.05, 3.63) is 24.3 Å². The fraction of sp³-hybridized carbons (Fsp3) is 0.400. The molecule has 0 aliphatic rings. The molecular formula is C10H14FN3O. The molecule has 0 radical (unpaired) electrons. The Bertz CT molecular complexity index is 330. The van der Waals surface area contributed by atoms with Crippen LogP contribution in [-0.4, -0.2) is 24.0 Å². The predicted octanol–water partition coefficient (Wildman–Crippen LogP) is 1.16. The Balaban J connectivity index is 2.33. The van der Waals surface area contributed by atoms with Gasteiger partial charge in [0.1, 0.15) is 0 Å². The van der Waals surface area contributed by atoms with E-state index in [0.717, 1.165) is 6.42 Å². The second-order valence-electron chi connectivity index (χ2n) is 3.07. The van der Waals surface area contributed by atoms with Crippen LogP contribution >= 0.6 is 0 Å². The van der Waals surface area contributed by atoms with E-state index in [2.05, 4.69) is 15.6 Å². The number of pyridine rings is 1. The summed E-state index contributed by atoms with van der Waals surface area (Å²) in [6.45, 7) is 2.78. The highest BCUT2D eigenvalue weighted by Crippen LogP contribution is 2.05. The zero-order valence-corrected chi connectivity index (χ0v) is 8.59.